The Hall–Kier alpha value is -2.95. The van der Waals surface area contributed by atoms with Gasteiger partial charge in [-0.15, -0.1) is 0 Å². The van der Waals surface area contributed by atoms with Gasteiger partial charge in [-0.2, -0.15) is 5.10 Å². The second-order valence-electron chi connectivity index (χ2n) is 6.37. The minimum atomic E-state index is -0.268. The Balaban J connectivity index is 1.86. The van der Waals surface area contributed by atoms with Gasteiger partial charge in [0.05, 0.1) is 5.69 Å². The number of hydrazone groups is 1. The molecule has 0 saturated carbocycles. The summed E-state index contributed by atoms with van der Waals surface area (Å²) in [5.74, 6) is -0.367. The monoisotopic (exact) mass is 335 g/mol. The van der Waals surface area contributed by atoms with Gasteiger partial charge in [0.2, 0.25) is 5.91 Å². The molecule has 1 N–H and O–H groups in total. The number of carbonyl (C=O) groups is 2. The lowest BCUT2D eigenvalue weighted by atomic mass is 10.1. The largest absolute Gasteiger partial charge is 0.321 e. The zero-order chi connectivity index (χ0) is 18.0. The average Bonchev–Trinajstić information content (AvgIpc) is 2.55. The van der Waals surface area contributed by atoms with Gasteiger partial charge >= 0.3 is 0 Å². The Morgan fingerprint density at radius 2 is 1.72 bits per heavy atom. The standard InChI is InChI=1S/C20H21N3O2/c1-13-10-14(2)12-16(11-13)21-20(25)17-8-9-19(24)23(22-17)18-7-5-4-6-15(18)3/h4-7,10-12H,8-9H2,1-3H3,(H,21,25). The quantitative estimate of drug-likeness (QED) is 0.929. The topological polar surface area (TPSA) is 61.8 Å². The summed E-state index contributed by atoms with van der Waals surface area (Å²) in [7, 11) is 0. The van der Waals surface area contributed by atoms with Gasteiger partial charge in [-0.05, 0) is 55.7 Å². The highest BCUT2D eigenvalue weighted by atomic mass is 16.2. The summed E-state index contributed by atoms with van der Waals surface area (Å²) in [5.41, 5.74) is 4.92. The molecule has 0 atom stereocenters. The van der Waals surface area contributed by atoms with Crippen LogP contribution < -0.4 is 10.3 Å². The number of benzene rings is 2. The number of para-hydroxylation sites is 1. The summed E-state index contributed by atoms with van der Waals surface area (Å²) >= 11 is 0. The van der Waals surface area contributed by atoms with Crippen LogP contribution in [0.25, 0.3) is 0 Å². The molecule has 2 aromatic carbocycles. The lowest BCUT2D eigenvalue weighted by Crippen LogP contribution is -2.36. The predicted molar refractivity (Wildman–Crippen MR) is 99.9 cm³/mol. The number of anilines is 2. The fourth-order valence-electron chi connectivity index (χ4n) is 2.96. The molecule has 2 aromatic rings. The zero-order valence-electron chi connectivity index (χ0n) is 14.7. The lowest BCUT2D eigenvalue weighted by molar-refractivity contribution is -0.118. The van der Waals surface area contributed by atoms with Crippen LogP contribution in [0.3, 0.4) is 0 Å². The van der Waals surface area contributed by atoms with Crippen molar-refractivity contribution in [3.63, 3.8) is 0 Å². The molecule has 0 fully saturated rings. The van der Waals surface area contributed by atoms with Crippen molar-refractivity contribution < 1.29 is 9.59 Å². The number of carbonyl (C=O) groups excluding carboxylic acids is 2. The molecule has 0 unspecified atom stereocenters. The van der Waals surface area contributed by atoms with Crippen molar-refractivity contribution in [2.45, 2.75) is 33.6 Å². The molecule has 5 heteroatoms. The molecule has 1 aliphatic rings. The first kappa shape index (κ1) is 16.9. The van der Waals surface area contributed by atoms with Crippen LogP contribution in [0, 0.1) is 20.8 Å². The van der Waals surface area contributed by atoms with Gasteiger partial charge in [0, 0.05) is 18.5 Å². The van der Waals surface area contributed by atoms with Crippen molar-refractivity contribution in [3.8, 4) is 0 Å². The minimum Gasteiger partial charge on any atom is -0.321 e. The molecular weight excluding hydrogens is 314 g/mol. The van der Waals surface area contributed by atoms with Gasteiger partial charge in [-0.1, -0.05) is 24.3 Å². The van der Waals surface area contributed by atoms with Gasteiger partial charge in [-0.3, -0.25) is 9.59 Å². The van der Waals surface area contributed by atoms with E-state index in [9.17, 15) is 9.59 Å². The molecule has 1 heterocycles. The number of amides is 2. The van der Waals surface area contributed by atoms with E-state index >= 15 is 0 Å². The van der Waals surface area contributed by atoms with E-state index in [0.717, 1.165) is 22.4 Å². The first-order chi connectivity index (χ1) is 11.9. The predicted octanol–water partition coefficient (Wildman–Crippen LogP) is 3.73. The lowest BCUT2D eigenvalue weighted by Gasteiger charge is -2.24. The maximum absolute atomic E-state index is 12.6. The first-order valence-corrected chi connectivity index (χ1v) is 8.30. The molecule has 2 amide bonds. The van der Waals surface area contributed by atoms with E-state index in [1.807, 2.05) is 63.2 Å². The van der Waals surface area contributed by atoms with Crippen LogP contribution >= 0.6 is 0 Å². The van der Waals surface area contributed by atoms with Gasteiger partial charge in [0.15, 0.2) is 0 Å². The second kappa shape index (κ2) is 6.89. The fourth-order valence-corrected chi connectivity index (χ4v) is 2.96. The first-order valence-electron chi connectivity index (χ1n) is 8.30. The van der Waals surface area contributed by atoms with E-state index in [4.69, 9.17) is 0 Å². The highest BCUT2D eigenvalue weighted by Crippen LogP contribution is 2.24. The summed E-state index contributed by atoms with van der Waals surface area (Å²) in [6.07, 6.45) is 0.616. The molecule has 0 bridgehead atoms. The van der Waals surface area contributed by atoms with Crippen LogP contribution in [0.1, 0.15) is 29.5 Å². The Kier molecular flexibility index (Phi) is 4.65. The van der Waals surface area contributed by atoms with E-state index in [-0.39, 0.29) is 18.2 Å². The molecule has 0 saturated heterocycles. The Morgan fingerprint density at radius 1 is 1.04 bits per heavy atom. The number of nitrogens with one attached hydrogen (secondary N) is 1. The van der Waals surface area contributed by atoms with Crippen LogP contribution in [0.4, 0.5) is 11.4 Å². The maximum Gasteiger partial charge on any atom is 0.271 e. The van der Waals surface area contributed by atoms with Gasteiger partial charge in [-0.25, -0.2) is 5.01 Å². The number of aryl methyl sites for hydroxylation is 3. The van der Waals surface area contributed by atoms with Crippen molar-refractivity contribution in [2.75, 3.05) is 10.3 Å². The van der Waals surface area contributed by atoms with E-state index in [2.05, 4.69) is 10.4 Å². The van der Waals surface area contributed by atoms with Crippen molar-refractivity contribution >= 4 is 28.9 Å². The molecule has 0 aromatic heterocycles. The zero-order valence-corrected chi connectivity index (χ0v) is 14.7. The Morgan fingerprint density at radius 3 is 2.40 bits per heavy atom. The molecule has 3 rings (SSSR count). The van der Waals surface area contributed by atoms with Crippen LogP contribution in [0.15, 0.2) is 47.6 Å². The molecule has 0 spiro atoms. The highest BCUT2D eigenvalue weighted by Gasteiger charge is 2.26. The number of hydrogen-bond donors (Lipinski definition) is 1. The van der Waals surface area contributed by atoms with Crippen LogP contribution in [-0.4, -0.2) is 17.5 Å². The molecule has 25 heavy (non-hydrogen) atoms. The highest BCUT2D eigenvalue weighted by molar-refractivity contribution is 6.44. The summed E-state index contributed by atoms with van der Waals surface area (Å²) < 4.78 is 0. The number of rotatable bonds is 3. The maximum atomic E-state index is 12.6. The molecule has 128 valence electrons. The van der Waals surface area contributed by atoms with Crippen LogP contribution in [-0.2, 0) is 9.59 Å². The third kappa shape index (κ3) is 3.76. The molecule has 0 aliphatic carbocycles. The summed E-state index contributed by atoms with van der Waals surface area (Å²) in [6.45, 7) is 5.89. The third-order valence-electron chi connectivity index (χ3n) is 4.12. The number of nitrogens with zero attached hydrogens (tertiary/aromatic N) is 2. The summed E-state index contributed by atoms with van der Waals surface area (Å²) in [5, 5.41) is 8.55. The van der Waals surface area contributed by atoms with Crippen LogP contribution in [0.5, 0.6) is 0 Å². The molecule has 1 aliphatic heterocycles. The van der Waals surface area contributed by atoms with Crippen molar-refractivity contribution in [1.29, 1.82) is 0 Å². The fraction of sp³-hybridized carbons (Fsp3) is 0.250. The van der Waals surface area contributed by atoms with Crippen molar-refractivity contribution in [1.82, 2.24) is 0 Å². The van der Waals surface area contributed by atoms with E-state index in [1.54, 1.807) is 0 Å². The minimum absolute atomic E-state index is 0.0998. The van der Waals surface area contributed by atoms with E-state index < -0.39 is 0 Å². The number of hydrogen-bond acceptors (Lipinski definition) is 3. The van der Waals surface area contributed by atoms with Gasteiger partial charge in [0.1, 0.15) is 5.71 Å². The Labute approximate surface area is 147 Å². The SMILES string of the molecule is Cc1cc(C)cc(NC(=O)C2=NN(c3ccccc3C)C(=O)CC2)c1. The van der Waals surface area contributed by atoms with Crippen LogP contribution in [0.2, 0.25) is 0 Å². The average molecular weight is 335 g/mol. The summed E-state index contributed by atoms with van der Waals surface area (Å²) in [6, 6.07) is 13.4. The summed E-state index contributed by atoms with van der Waals surface area (Å²) in [4.78, 5) is 24.8. The smallest absolute Gasteiger partial charge is 0.271 e. The third-order valence-corrected chi connectivity index (χ3v) is 4.12. The van der Waals surface area contributed by atoms with Gasteiger partial charge < -0.3 is 5.32 Å². The normalized spacial score (nSPS) is 14.3. The van der Waals surface area contributed by atoms with E-state index in [1.165, 1.54) is 5.01 Å². The van der Waals surface area contributed by atoms with Crippen molar-refractivity contribution in [2.24, 2.45) is 5.10 Å². The second-order valence-corrected chi connectivity index (χ2v) is 6.37. The van der Waals surface area contributed by atoms with E-state index in [0.29, 0.717) is 17.8 Å². The molecule has 5 nitrogen and oxygen atoms in total. The Bertz CT molecular complexity index is 851. The molecule has 0 radical (unpaired) electrons. The molecular formula is C20H21N3O2. The van der Waals surface area contributed by atoms with Crippen molar-refractivity contribution in [3.05, 3.63) is 59.2 Å². The van der Waals surface area contributed by atoms with Gasteiger partial charge in [0.25, 0.3) is 5.91 Å².